The van der Waals surface area contributed by atoms with E-state index in [0.717, 1.165) is 0 Å². The summed E-state index contributed by atoms with van der Waals surface area (Å²) in [6, 6.07) is 4.87. The number of methoxy groups -OCH3 is 2. The number of nitrogens with two attached hydrogens (primary N) is 1. The first-order chi connectivity index (χ1) is 8.67. The maximum Gasteiger partial charge on any atom is 0.170 e. The maximum atomic E-state index is 12.3. The molecule has 1 fully saturated rings. The monoisotopic (exact) mass is 251 g/mol. The summed E-state index contributed by atoms with van der Waals surface area (Å²) in [6.07, 6.45) is 0. The van der Waals surface area contributed by atoms with E-state index in [9.17, 15) is 4.79 Å². The molecular weight excluding hydrogens is 234 g/mol. The third kappa shape index (κ3) is 2.32. The lowest BCUT2D eigenvalue weighted by atomic mass is 9.94. The predicted molar refractivity (Wildman–Crippen MR) is 66.2 cm³/mol. The lowest BCUT2D eigenvalue weighted by molar-refractivity contribution is 0.0895. The third-order valence-electron chi connectivity index (χ3n) is 3.13. The number of carbonyl (C=O) groups excluding carboxylic acids is 1. The van der Waals surface area contributed by atoms with Crippen LogP contribution in [0.3, 0.4) is 0 Å². The molecule has 0 aromatic heterocycles. The van der Waals surface area contributed by atoms with E-state index < -0.39 is 0 Å². The number of hydrogen-bond acceptors (Lipinski definition) is 5. The van der Waals surface area contributed by atoms with Crippen molar-refractivity contribution in [1.29, 1.82) is 0 Å². The fourth-order valence-electron chi connectivity index (χ4n) is 2.04. The van der Waals surface area contributed by atoms with Gasteiger partial charge in [-0.3, -0.25) is 4.79 Å². The predicted octanol–water partition coefficient (Wildman–Crippen LogP) is 0.860. The van der Waals surface area contributed by atoms with Gasteiger partial charge in [0.25, 0.3) is 0 Å². The minimum absolute atomic E-state index is 0.0130. The Labute approximate surface area is 106 Å². The zero-order valence-corrected chi connectivity index (χ0v) is 10.5. The molecule has 5 heteroatoms. The van der Waals surface area contributed by atoms with Crippen LogP contribution in [-0.2, 0) is 4.74 Å². The van der Waals surface area contributed by atoms with Gasteiger partial charge in [-0.25, -0.2) is 0 Å². The smallest absolute Gasteiger partial charge is 0.170 e. The highest BCUT2D eigenvalue weighted by molar-refractivity contribution is 5.99. The van der Waals surface area contributed by atoms with Crippen molar-refractivity contribution in [2.24, 2.45) is 11.7 Å². The summed E-state index contributed by atoms with van der Waals surface area (Å²) < 4.78 is 15.5. The molecule has 98 valence electrons. The molecule has 2 rings (SSSR count). The first kappa shape index (κ1) is 12.9. The molecule has 2 atom stereocenters. The molecule has 2 N–H and O–H groups in total. The van der Waals surface area contributed by atoms with Gasteiger partial charge in [0.05, 0.1) is 33.4 Å². The van der Waals surface area contributed by atoms with E-state index in [-0.39, 0.29) is 17.7 Å². The van der Waals surface area contributed by atoms with Crippen LogP contribution in [0.15, 0.2) is 18.2 Å². The summed E-state index contributed by atoms with van der Waals surface area (Å²) in [4.78, 5) is 12.3. The van der Waals surface area contributed by atoms with Crippen LogP contribution in [0.1, 0.15) is 10.4 Å². The van der Waals surface area contributed by atoms with Gasteiger partial charge >= 0.3 is 0 Å². The summed E-state index contributed by atoms with van der Waals surface area (Å²) in [5.41, 5.74) is 6.41. The Kier molecular flexibility index (Phi) is 3.84. The highest BCUT2D eigenvalue weighted by atomic mass is 16.5. The van der Waals surface area contributed by atoms with Gasteiger partial charge in [0.1, 0.15) is 0 Å². The Balaban J connectivity index is 2.25. The van der Waals surface area contributed by atoms with E-state index >= 15 is 0 Å². The third-order valence-corrected chi connectivity index (χ3v) is 3.13. The molecular formula is C13H17NO4. The molecule has 1 heterocycles. The Morgan fingerprint density at radius 2 is 2.00 bits per heavy atom. The van der Waals surface area contributed by atoms with Crippen LogP contribution in [0.4, 0.5) is 0 Å². The minimum atomic E-state index is -0.275. The van der Waals surface area contributed by atoms with Crippen molar-refractivity contribution in [3.63, 3.8) is 0 Å². The molecule has 0 saturated carbocycles. The lowest BCUT2D eigenvalue weighted by Crippen LogP contribution is -2.34. The number of hydrogen-bond donors (Lipinski definition) is 1. The van der Waals surface area contributed by atoms with Crippen LogP contribution < -0.4 is 15.2 Å². The van der Waals surface area contributed by atoms with Crippen molar-refractivity contribution < 1.29 is 19.0 Å². The van der Waals surface area contributed by atoms with Crippen molar-refractivity contribution in [2.45, 2.75) is 6.04 Å². The number of ketones is 1. The average molecular weight is 251 g/mol. The second kappa shape index (κ2) is 5.37. The average Bonchev–Trinajstić information content (AvgIpc) is 2.83. The fourth-order valence-corrected chi connectivity index (χ4v) is 2.04. The van der Waals surface area contributed by atoms with Gasteiger partial charge in [0.15, 0.2) is 17.3 Å². The largest absolute Gasteiger partial charge is 0.493 e. The number of benzene rings is 1. The molecule has 0 bridgehead atoms. The molecule has 18 heavy (non-hydrogen) atoms. The van der Waals surface area contributed by atoms with Crippen LogP contribution >= 0.6 is 0 Å². The van der Waals surface area contributed by atoms with Crippen LogP contribution in [0.2, 0.25) is 0 Å². The SMILES string of the molecule is COc1ccc(C(=O)C2COCC2N)cc1OC. The number of ether oxygens (including phenoxy) is 3. The zero-order chi connectivity index (χ0) is 13.1. The summed E-state index contributed by atoms with van der Waals surface area (Å²) in [6.45, 7) is 0.818. The van der Waals surface area contributed by atoms with Crippen LogP contribution in [0.25, 0.3) is 0 Å². The Bertz CT molecular complexity index is 447. The number of carbonyl (C=O) groups is 1. The quantitative estimate of drug-likeness (QED) is 0.804. The summed E-state index contributed by atoms with van der Waals surface area (Å²) in [5.74, 6) is 0.848. The molecule has 2 unspecified atom stereocenters. The van der Waals surface area contributed by atoms with Gasteiger partial charge in [0.2, 0.25) is 0 Å². The molecule has 5 nitrogen and oxygen atoms in total. The van der Waals surface area contributed by atoms with E-state index in [4.69, 9.17) is 19.9 Å². The summed E-state index contributed by atoms with van der Waals surface area (Å²) in [5, 5.41) is 0. The van der Waals surface area contributed by atoms with E-state index in [0.29, 0.717) is 30.3 Å². The standard InChI is InChI=1S/C13H17NO4/c1-16-11-4-3-8(5-12(11)17-2)13(15)9-6-18-7-10(9)14/h3-5,9-10H,6-7,14H2,1-2H3. The van der Waals surface area contributed by atoms with Crippen LogP contribution in [-0.4, -0.2) is 39.3 Å². The Hall–Kier alpha value is -1.59. The van der Waals surface area contributed by atoms with E-state index in [2.05, 4.69) is 0 Å². The molecule has 1 aromatic carbocycles. The van der Waals surface area contributed by atoms with Gasteiger partial charge < -0.3 is 19.9 Å². The normalized spacial score (nSPS) is 22.8. The molecule has 1 aliphatic heterocycles. The van der Waals surface area contributed by atoms with Gasteiger partial charge in [-0.15, -0.1) is 0 Å². The van der Waals surface area contributed by atoms with Crippen molar-refractivity contribution in [2.75, 3.05) is 27.4 Å². The van der Waals surface area contributed by atoms with Gasteiger partial charge in [-0.05, 0) is 18.2 Å². The van der Waals surface area contributed by atoms with Crippen molar-refractivity contribution in [3.8, 4) is 11.5 Å². The summed E-state index contributed by atoms with van der Waals surface area (Å²) in [7, 11) is 3.09. The second-order valence-electron chi connectivity index (χ2n) is 4.24. The minimum Gasteiger partial charge on any atom is -0.493 e. The highest BCUT2D eigenvalue weighted by Crippen LogP contribution is 2.29. The van der Waals surface area contributed by atoms with E-state index in [1.807, 2.05) is 0 Å². The Morgan fingerprint density at radius 3 is 2.56 bits per heavy atom. The van der Waals surface area contributed by atoms with Crippen molar-refractivity contribution in [3.05, 3.63) is 23.8 Å². The van der Waals surface area contributed by atoms with Gasteiger partial charge in [-0.2, -0.15) is 0 Å². The van der Waals surface area contributed by atoms with E-state index in [1.54, 1.807) is 25.3 Å². The molecule has 0 radical (unpaired) electrons. The number of rotatable bonds is 4. The molecule has 1 saturated heterocycles. The molecule has 1 aromatic rings. The van der Waals surface area contributed by atoms with Gasteiger partial charge in [0, 0.05) is 11.6 Å². The fraction of sp³-hybridized carbons (Fsp3) is 0.462. The van der Waals surface area contributed by atoms with Crippen LogP contribution in [0.5, 0.6) is 11.5 Å². The van der Waals surface area contributed by atoms with Crippen molar-refractivity contribution >= 4 is 5.78 Å². The van der Waals surface area contributed by atoms with Gasteiger partial charge in [-0.1, -0.05) is 0 Å². The lowest BCUT2D eigenvalue weighted by Gasteiger charge is -2.13. The zero-order valence-electron chi connectivity index (χ0n) is 10.5. The molecule has 0 spiro atoms. The first-order valence-electron chi connectivity index (χ1n) is 5.77. The van der Waals surface area contributed by atoms with E-state index in [1.165, 1.54) is 7.11 Å². The molecule has 0 aliphatic carbocycles. The highest BCUT2D eigenvalue weighted by Gasteiger charge is 2.32. The molecule has 1 aliphatic rings. The second-order valence-corrected chi connectivity index (χ2v) is 4.24. The first-order valence-corrected chi connectivity index (χ1v) is 5.77. The molecule has 0 amide bonds. The van der Waals surface area contributed by atoms with Crippen LogP contribution in [0, 0.1) is 5.92 Å². The topological polar surface area (TPSA) is 70.8 Å². The number of Topliss-reactive ketones (excluding diaryl/α,β-unsaturated/α-hetero) is 1. The van der Waals surface area contributed by atoms with Crippen molar-refractivity contribution in [1.82, 2.24) is 0 Å². The summed E-state index contributed by atoms with van der Waals surface area (Å²) >= 11 is 0. The Morgan fingerprint density at radius 1 is 1.28 bits per heavy atom. The maximum absolute atomic E-state index is 12.3.